The number of hydrogen-bond donors (Lipinski definition) is 0. The number of carbonyl (C=O) groups is 1. The Morgan fingerprint density at radius 3 is 2.25 bits per heavy atom. The van der Waals surface area contributed by atoms with Crippen LogP contribution in [0.2, 0.25) is 18.1 Å². The van der Waals surface area contributed by atoms with Gasteiger partial charge in [-0.15, -0.1) is 0 Å². The molecule has 0 amide bonds. The molecule has 0 N–H and O–H groups in total. The Bertz CT molecular complexity index is 705. The number of carbonyl (C=O) groups excluding carboxylic acids is 1. The van der Waals surface area contributed by atoms with Gasteiger partial charge in [0.1, 0.15) is 0 Å². The fourth-order valence-electron chi connectivity index (χ4n) is 4.40. The average molecular weight is 416 g/mol. The average Bonchev–Trinajstić information content (AvgIpc) is 2.50. The van der Waals surface area contributed by atoms with Crippen LogP contribution in [0.3, 0.4) is 0 Å². The molecule has 7 heteroatoms. The minimum atomic E-state index is -2.21. The van der Waals surface area contributed by atoms with E-state index < -0.39 is 31.7 Å². The summed E-state index contributed by atoms with van der Waals surface area (Å²) < 4.78 is 38.6. The van der Waals surface area contributed by atoms with Gasteiger partial charge in [0.05, 0.1) is 17.9 Å². The van der Waals surface area contributed by atoms with Crippen molar-refractivity contribution in [3.8, 4) is 0 Å². The molecular formula is C21H35F2NO3Si. The van der Waals surface area contributed by atoms with Crippen molar-refractivity contribution in [2.45, 2.75) is 85.0 Å². The third-order valence-electron chi connectivity index (χ3n) is 7.32. The topological polar surface area (TPSA) is 47.9 Å². The number of rotatable bonds is 5. The summed E-state index contributed by atoms with van der Waals surface area (Å²) in [4.78, 5) is 16.2. The molecule has 3 aliphatic carbocycles. The van der Waals surface area contributed by atoms with Crippen molar-refractivity contribution in [3.63, 3.8) is 0 Å². The smallest absolute Gasteiger partial charge is 0.362 e. The maximum atomic E-state index is 13.5. The van der Waals surface area contributed by atoms with E-state index in [2.05, 4.69) is 52.7 Å². The van der Waals surface area contributed by atoms with Crippen LogP contribution in [0.1, 0.15) is 61.3 Å². The van der Waals surface area contributed by atoms with Crippen molar-refractivity contribution in [1.29, 1.82) is 0 Å². The van der Waals surface area contributed by atoms with Crippen LogP contribution >= 0.6 is 0 Å². The van der Waals surface area contributed by atoms with E-state index in [4.69, 9.17) is 9.16 Å². The largest absolute Gasteiger partial charge is 0.461 e. The fourth-order valence-corrected chi connectivity index (χ4v) is 6.03. The molecule has 0 heterocycles. The van der Waals surface area contributed by atoms with Gasteiger partial charge in [0.2, 0.25) is 5.70 Å². The highest BCUT2D eigenvalue weighted by Crippen LogP contribution is 2.63. The van der Waals surface area contributed by atoms with Gasteiger partial charge in [0, 0.05) is 0 Å². The van der Waals surface area contributed by atoms with Gasteiger partial charge in [-0.1, -0.05) is 34.6 Å². The minimum absolute atomic E-state index is 0.0243. The van der Waals surface area contributed by atoms with Gasteiger partial charge in [-0.2, -0.15) is 8.78 Å². The summed E-state index contributed by atoms with van der Waals surface area (Å²) in [6.45, 7) is 18.8. The molecule has 0 radical (unpaired) electrons. The number of nitrogens with zero attached hydrogens (tertiary/aromatic N) is 1. The molecule has 28 heavy (non-hydrogen) atoms. The van der Waals surface area contributed by atoms with Gasteiger partial charge >= 0.3 is 12.0 Å². The predicted molar refractivity (Wildman–Crippen MR) is 110 cm³/mol. The monoisotopic (exact) mass is 415 g/mol. The van der Waals surface area contributed by atoms with Crippen LogP contribution in [-0.2, 0) is 14.0 Å². The van der Waals surface area contributed by atoms with E-state index in [1.165, 1.54) is 0 Å². The van der Waals surface area contributed by atoms with E-state index in [0.29, 0.717) is 18.1 Å². The summed E-state index contributed by atoms with van der Waals surface area (Å²) in [5, 5.41) is -0.0307. The zero-order valence-electron chi connectivity index (χ0n) is 18.7. The number of ether oxygens (including phenoxy) is 1. The highest BCUT2D eigenvalue weighted by Gasteiger charge is 2.64. The van der Waals surface area contributed by atoms with E-state index in [0.717, 1.165) is 6.42 Å². The summed E-state index contributed by atoms with van der Waals surface area (Å²) in [6.07, 6.45) is -0.558. The molecule has 3 fully saturated rings. The lowest BCUT2D eigenvalue weighted by molar-refractivity contribution is -0.139. The molecule has 0 aliphatic heterocycles. The van der Waals surface area contributed by atoms with Crippen LogP contribution in [0.4, 0.5) is 8.78 Å². The Balaban J connectivity index is 2.53. The highest BCUT2D eigenvalue weighted by atomic mass is 28.4. The third-order valence-corrected chi connectivity index (χ3v) is 11.9. The van der Waals surface area contributed by atoms with Crippen LogP contribution in [-0.4, -0.2) is 32.2 Å². The maximum absolute atomic E-state index is 13.5. The van der Waals surface area contributed by atoms with E-state index in [9.17, 15) is 13.6 Å². The van der Waals surface area contributed by atoms with Crippen molar-refractivity contribution in [2.24, 2.45) is 22.2 Å². The number of hydrogen-bond acceptors (Lipinski definition) is 4. The van der Waals surface area contributed by atoms with Gasteiger partial charge in [0.15, 0.2) is 8.32 Å². The molecule has 3 aliphatic rings. The van der Waals surface area contributed by atoms with E-state index in [1.54, 1.807) is 6.92 Å². The summed E-state index contributed by atoms with van der Waals surface area (Å²) >= 11 is 0. The standard InChI is InChI=1S/C21H35F2NO3Si/c1-10-26-18(25)16(17(22)23)24-15-12-13-11-14(20(13,5)6)21(15,7)27-28(8,9)19(2,3)4/h13-14H,10-12H2,1-9H3/t13-,14-,21-/m0/s1. The van der Waals surface area contributed by atoms with E-state index in [-0.39, 0.29) is 23.0 Å². The van der Waals surface area contributed by atoms with Gasteiger partial charge in [-0.05, 0) is 62.1 Å². The van der Waals surface area contributed by atoms with Gasteiger partial charge < -0.3 is 9.16 Å². The quantitative estimate of drug-likeness (QED) is 0.317. The Morgan fingerprint density at radius 2 is 1.82 bits per heavy atom. The molecule has 3 rings (SSSR count). The van der Waals surface area contributed by atoms with Gasteiger partial charge in [-0.3, -0.25) is 0 Å². The Kier molecular flexibility index (Phi) is 6.06. The van der Waals surface area contributed by atoms with Gasteiger partial charge in [-0.25, -0.2) is 9.79 Å². The van der Waals surface area contributed by atoms with Crippen LogP contribution in [0.15, 0.2) is 16.8 Å². The summed E-state index contributed by atoms with van der Waals surface area (Å²) in [6, 6.07) is 0. The normalized spacial score (nSPS) is 30.6. The SMILES string of the molecule is CCOC(=O)C(N=C1C[C@@H]2C[C@@H](C2(C)C)[C@]1(C)O[Si](C)(C)C(C)(C)C)=C(F)F. The summed E-state index contributed by atoms with van der Waals surface area (Å²) in [5.74, 6) is -0.542. The predicted octanol–water partition coefficient (Wildman–Crippen LogP) is 5.95. The van der Waals surface area contributed by atoms with Gasteiger partial charge in [0.25, 0.3) is 0 Å². The second-order valence-corrected chi connectivity index (χ2v) is 15.1. The lowest BCUT2D eigenvalue weighted by atomic mass is 9.44. The Labute approximate surface area is 168 Å². The molecule has 0 aromatic carbocycles. The maximum Gasteiger partial charge on any atom is 0.362 e. The van der Waals surface area contributed by atoms with Crippen molar-refractivity contribution in [2.75, 3.05) is 6.61 Å². The van der Waals surface area contributed by atoms with E-state index >= 15 is 0 Å². The Morgan fingerprint density at radius 1 is 1.25 bits per heavy atom. The second kappa shape index (κ2) is 7.31. The zero-order valence-corrected chi connectivity index (χ0v) is 19.7. The lowest BCUT2D eigenvalue weighted by Gasteiger charge is -2.65. The lowest BCUT2D eigenvalue weighted by Crippen LogP contribution is -2.68. The molecule has 0 aromatic heterocycles. The number of aliphatic imine (C=N–C) groups is 1. The molecular weight excluding hydrogens is 380 g/mol. The first kappa shape index (κ1) is 23.2. The Hall–Kier alpha value is -1.08. The molecule has 3 atom stereocenters. The third kappa shape index (κ3) is 3.84. The molecule has 0 unspecified atom stereocenters. The van der Waals surface area contributed by atoms with Crippen LogP contribution < -0.4 is 0 Å². The molecule has 3 saturated carbocycles. The van der Waals surface area contributed by atoms with Crippen molar-refractivity contribution >= 4 is 20.0 Å². The summed E-state index contributed by atoms with van der Waals surface area (Å²) in [5.41, 5.74) is -1.05. The molecule has 2 bridgehead atoms. The molecule has 0 saturated heterocycles. The summed E-state index contributed by atoms with van der Waals surface area (Å²) in [7, 11) is -2.21. The molecule has 0 spiro atoms. The first-order valence-electron chi connectivity index (χ1n) is 10.1. The highest BCUT2D eigenvalue weighted by molar-refractivity contribution is 6.74. The number of fused-ring (bicyclic) bond motifs is 2. The van der Waals surface area contributed by atoms with E-state index in [1.807, 2.05) is 6.92 Å². The molecule has 0 aromatic rings. The first-order valence-corrected chi connectivity index (χ1v) is 13.0. The van der Waals surface area contributed by atoms with Crippen molar-refractivity contribution < 1.29 is 22.7 Å². The van der Waals surface area contributed by atoms with Crippen molar-refractivity contribution in [1.82, 2.24) is 0 Å². The fraction of sp³-hybridized carbons (Fsp3) is 0.810. The van der Waals surface area contributed by atoms with Crippen LogP contribution in [0, 0.1) is 17.3 Å². The van der Waals surface area contributed by atoms with Crippen LogP contribution in [0.5, 0.6) is 0 Å². The zero-order chi connectivity index (χ0) is 21.7. The van der Waals surface area contributed by atoms with Crippen LogP contribution in [0.25, 0.3) is 0 Å². The number of esters is 1. The number of halogens is 2. The second-order valence-electron chi connectivity index (χ2n) is 10.4. The first-order chi connectivity index (χ1) is 12.6. The molecule has 160 valence electrons. The minimum Gasteiger partial charge on any atom is -0.461 e. The van der Waals surface area contributed by atoms with Crippen molar-refractivity contribution in [3.05, 3.63) is 11.8 Å². The molecule has 4 nitrogen and oxygen atoms in total.